The lowest BCUT2D eigenvalue weighted by molar-refractivity contribution is -0.160. The lowest BCUT2D eigenvalue weighted by Crippen LogP contribution is -2.79. The van der Waals surface area contributed by atoms with Crippen molar-refractivity contribution < 1.29 is 4.79 Å². The Morgan fingerprint density at radius 1 is 1.04 bits per heavy atom. The number of hydrogen-bond donors (Lipinski definition) is 0. The summed E-state index contributed by atoms with van der Waals surface area (Å²) >= 11 is 1.79. The van der Waals surface area contributed by atoms with E-state index in [1.54, 1.807) is 11.3 Å². The van der Waals surface area contributed by atoms with Crippen LogP contribution in [0.1, 0.15) is 46.5 Å². The summed E-state index contributed by atoms with van der Waals surface area (Å²) < 4.78 is 1.30. The van der Waals surface area contributed by atoms with Crippen molar-refractivity contribution in [1.82, 2.24) is 5.01 Å². The van der Waals surface area contributed by atoms with Crippen molar-refractivity contribution in [3.8, 4) is 0 Å². The van der Waals surface area contributed by atoms with Crippen molar-refractivity contribution in [2.45, 2.75) is 58.0 Å². The number of carbonyl (C=O) groups excluding carboxylic acids is 1. The first-order chi connectivity index (χ1) is 13.0. The van der Waals surface area contributed by atoms with Crippen molar-refractivity contribution in [2.75, 3.05) is 5.01 Å². The largest absolute Gasteiger partial charge is 0.270 e. The Morgan fingerprint density at radius 2 is 1.78 bits per heavy atom. The first kappa shape index (κ1) is 16.4. The van der Waals surface area contributed by atoms with Gasteiger partial charge in [0.25, 0.3) is 5.91 Å². The van der Waals surface area contributed by atoms with Crippen LogP contribution in [-0.2, 0) is 4.79 Å². The third kappa shape index (κ3) is 2.00. The van der Waals surface area contributed by atoms with Crippen molar-refractivity contribution in [1.29, 1.82) is 0 Å². The number of nitrogens with zero attached hydrogens (tertiary/aromatic N) is 2. The maximum absolute atomic E-state index is 13.3. The molecule has 1 saturated heterocycles. The molecule has 1 aromatic heterocycles. The van der Waals surface area contributed by atoms with Gasteiger partial charge in [-0.05, 0) is 75.2 Å². The predicted octanol–water partition coefficient (Wildman–Crippen LogP) is 5.31. The monoisotopic (exact) mass is 380 g/mol. The Balaban J connectivity index is 1.43. The molecule has 3 saturated carbocycles. The fourth-order valence-corrected chi connectivity index (χ4v) is 7.91. The number of benzene rings is 1. The van der Waals surface area contributed by atoms with Crippen LogP contribution in [0.3, 0.4) is 0 Å². The van der Waals surface area contributed by atoms with Gasteiger partial charge in [0.2, 0.25) is 0 Å². The first-order valence-corrected chi connectivity index (χ1v) is 11.4. The third-order valence-corrected chi connectivity index (χ3v) is 9.14. The van der Waals surface area contributed by atoms with Gasteiger partial charge in [0.15, 0.2) is 0 Å². The maximum Gasteiger partial charge on any atom is 0.268 e. The molecule has 2 aromatic rings. The minimum atomic E-state index is -0.448. The average Bonchev–Trinajstić information content (AvgIpc) is 3.17. The fraction of sp³-hybridized carbons (Fsp3) is 0.609. The Morgan fingerprint density at radius 3 is 2.63 bits per heavy atom. The topological polar surface area (TPSA) is 23.6 Å². The van der Waals surface area contributed by atoms with Gasteiger partial charge in [0, 0.05) is 15.5 Å². The smallest absolute Gasteiger partial charge is 0.268 e. The quantitative estimate of drug-likeness (QED) is 0.704. The van der Waals surface area contributed by atoms with Gasteiger partial charge < -0.3 is 0 Å². The lowest BCUT2D eigenvalue weighted by atomic mass is 9.63. The molecule has 6 unspecified atom stereocenters. The van der Waals surface area contributed by atoms with Gasteiger partial charge in [-0.15, -0.1) is 11.3 Å². The van der Waals surface area contributed by atoms with Crippen LogP contribution in [0.15, 0.2) is 29.6 Å². The van der Waals surface area contributed by atoms with E-state index in [2.05, 4.69) is 60.4 Å². The molecule has 1 amide bonds. The Hall–Kier alpha value is -1.55. The maximum atomic E-state index is 13.3. The molecule has 0 radical (unpaired) electrons. The first-order valence-electron chi connectivity index (χ1n) is 10.6. The second kappa shape index (κ2) is 5.28. The molecule has 27 heavy (non-hydrogen) atoms. The van der Waals surface area contributed by atoms with E-state index in [1.165, 1.54) is 41.5 Å². The number of carbonyl (C=O) groups is 1. The van der Waals surface area contributed by atoms with Crippen molar-refractivity contribution in [3.63, 3.8) is 0 Å². The van der Waals surface area contributed by atoms with Gasteiger partial charge in [-0.3, -0.25) is 9.80 Å². The van der Waals surface area contributed by atoms with E-state index in [9.17, 15) is 4.79 Å². The van der Waals surface area contributed by atoms with Crippen molar-refractivity contribution in [3.05, 3.63) is 29.6 Å². The van der Waals surface area contributed by atoms with Crippen LogP contribution in [0.2, 0.25) is 0 Å². The molecular weight excluding hydrogens is 352 g/mol. The van der Waals surface area contributed by atoms with Gasteiger partial charge in [0.05, 0.1) is 11.7 Å². The van der Waals surface area contributed by atoms with E-state index in [-0.39, 0.29) is 0 Å². The highest BCUT2D eigenvalue weighted by molar-refractivity contribution is 7.17. The molecular formula is C23H28N2OS. The molecule has 0 spiro atoms. The molecule has 4 aliphatic rings. The summed E-state index contributed by atoms with van der Waals surface area (Å²) in [6.45, 7) is 6.59. The van der Waals surface area contributed by atoms with Gasteiger partial charge in [0.1, 0.15) is 5.54 Å². The molecule has 6 atom stereocenters. The van der Waals surface area contributed by atoms with E-state index in [0.717, 1.165) is 17.8 Å². The SMILES string of the molecule is CC1CC2CC3CC(CC23)C1N1C(=O)C(C)(C)N1c1csc2ccccc12. The van der Waals surface area contributed by atoms with E-state index >= 15 is 0 Å². The highest BCUT2D eigenvalue weighted by atomic mass is 32.1. The molecule has 2 bridgehead atoms. The zero-order valence-corrected chi connectivity index (χ0v) is 17.2. The van der Waals surface area contributed by atoms with Gasteiger partial charge >= 0.3 is 0 Å². The Labute approximate surface area is 165 Å². The van der Waals surface area contributed by atoms with Crippen LogP contribution in [0.4, 0.5) is 5.69 Å². The number of thiophene rings is 1. The lowest BCUT2D eigenvalue weighted by Gasteiger charge is -2.61. The van der Waals surface area contributed by atoms with Crippen LogP contribution < -0.4 is 5.01 Å². The zero-order chi connectivity index (χ0) is 18.5. The highest BCUT2D eigenvalue weighted by Gasteiger charge is 2.61. The molecule has 0 N–H and O–H groups in total. The average molecular weight is 381 g/mol. The number of amides is 1. The van der Waals surface area contributed by atoms with Gasteiger partial charge in [-0.2, -0.15) is 0 Å². The van der Waals surface area contributed by atoms with Crippen molar-refractivity contribution >= 4 is 33.0 Å². The minimum Gasteiger partial charge on any atom is -0.270 e. The fourth-order valence-electron chi connectivity index (χ4n) is 6.99. The van der Waals surface area contributed by atoms with Gasteiger partial charge in [-0.1, -0.05) is 25.1 Å². The second-order valence-corrected chi connectivity index (χ2v) is 10.9. The van der Waals surface area contributed by atoms with E-state index in [1.807, 2.05) is 0 Å². The molecule has 3 nitrogen and oxygen atoms in total. The highest BCUT2D eigenvalue weighted by Crippen LogP contribution is 2.61. The summed E-state index contributed by atoms with van der Waals surface area (Å²) in [6, 6.07) is 8.98. The molecule has 1 aromatic carbocycles. The number of fused-ring (bicyclic) bond motifs is 2. The third-order valence-electron chi connectivity index (χ3n) is 8.19. The standard InChI is InChI=1S/C23H28N2OS/c1-13-8-14-9-15-10-16(11-18(14)15)21(13)24-22(26)23(2,3)25(24)19-12-27-20-7-5-4-6-17(19)20/h4-7,12-16,18,21H,8-11H2,1-3H3. The summed E-state index contributed by atoms with van der Waals surface area (Å²) in [6.07, 6.45) is 5.46. The van der Waals surface area contributed by atoms with Crippen LogP contribution in [0, 0.1) is 29.6 Å². The molecule has 3 aliphatic carbocycles. The summed E-state index contributed by atoms with van der Waals surface area (Å²) in [5.74, 6) is 4.44. The molecule has 1 aliphatic heterocycles. The number of anilines is 1. The molecule has 4 heteroatoms. The summed E-state index contributed by atoms with van der Waals surface area (Å²) in [5.41, 5.74) is 0.771. The summed E-state index contributed by atoms with van der Waals surface area (Å²) in [5, 5.41) is 8.07. The van der Waals surface area contributed by atoms with Crippen molar-refractivity contribution in [2.24, 2.45) is 29.6 Å². The second-order valence-electron chi connectivity index (χ2n) is 9.99. The molecule has 2 heterocycles. The number of rotatable bonds is 2. The normalized spacial score (nSPS) is 39.3. The number of hydrazine groups is 1. The van der Waals surface area contributed by atoms with Crippen LogP contribution >= 0.6 is 11.3 Å². The number of hydrogen-bond acceptors (Lipinski definition) is 3. The zero-order valence-electron chi connectivity index (χ0n) is 16.4. The van der Waals surface area contributed by atoms with E-state index < -0.39 is 5.54 Å². The Kier molecular flexibility index (Phi) is 3.21. The molecule has 6 rings (SSSR count). The van der Waals surface area contributed by atoms with Crippen LogP contribution in [-0.4, -0.2) is 22.5 Å². The summed E-state index contributed by atoms with van der Waals surface area (Å²) in [4.78, 5) is 13.3. The minimum absolute atomic E-state index is 0.314. The molecule has 4 fully saturated rings. The van der Waals surface area contributed by atoms with Crippen LogP contribution in [0.5, 0.6) is 0 Å². The predicted molar refractivity (Wildman–Crippen MR) is 111 cm³/mol. The van der Waals surface area contributed by atoms with Gasteiger partial charge in [-0.25, -0.2) is 5.01 Å². The van der Waals surface area contributed by atoms with E-state index in [0.29, 0.717) is 23.8 Å². The Bertz CT molecular complexity index is 933. The van der Waals surface area contributed by atoms with Crippen LogP contribution in [0.25, 0.3) is 10.1 Å². The summed E-state index contributed by atoms with van der Waals surface area (Å²) in [7, 11) is 0. The molecule has 142 valence electrons. The van der Waals surface area contributed by atoms with E-state index in [4.69, 9.17) is 0 Å².